The second kappa shape index (κ2) is 11.4. The third-order valence-corrected chi connectivity index (χ3v) is 7.47. The molecule has 0 atom stereocenters. The quantitative estimate of drug-likeness (QED) is 0.189. The molecule has 0 saturated heterocycles. The number of hydrogen-bond acceptors (Lipinski definition) is 5. The van der Waals surface area contributed by atoms with Crippen molar-refractivity contribution >= 4 is 45.7 Å². The number of rotatable bonds is 9. The van der Waals surface area contributed by atoms with Crippen LogP contribution in [0.25, 0.3) is 10.8 Å². The zero-order valence-electron chi connectivity index (χ0n) is 19.9. The molecule has 0 aliphatic carbocycles. The van der Waals surface area contributed by atoms with Gasteiger partial charge in [0.25, 0.3) is 0 Å². The molecule has 0 aliphatic rings. The summed E-state index contributed by atoms with van der Waals surface area (Å²) in [5.41, 5.74) is 6.32. The number of aryl methyl sites for hydroxylation is 1. The van der Waals surface area contributed by atoms with Gasteiger partial charge in [-0.1, -0.05) is 83.5 Å². The number of fused-ring (bicyclic) bond motifs is 1. The van der Waals surface area contributed by atoms with Crippen LogP contribution in [0, 0.1) is 12.7 Å². The summed E-state index contributed by atoms with van der Waals surface area (Å²) in [7, 11) is 0. The van der Waals surface area contributed by atoms with E-state index in [9.17, 15) is 4.39 Å². The number of aromatic nitrogens is 3. The molecule has 1 aromatic heterocycles. The first kappa shape index (κ1) is 25.4. The van der Waals surface area contributed by atoms with Crippen molar-refractivity contribution in [3.05, 3.63) is 117 Å². The van der Waals surface area contributed by atoms with Crippen molar-refractivity contribution < 1.29 is 9.13 Å². The van der Waals surface area contributed by atoms with E-state index in [1.807, 2.05) is 41.9 Å². The molecule has 5 rings (SSSR count). The Morgan fingerprint density at radius 2 is 1.78 bits per heavy atom. The molecule has 37 heavy (non-hydrogen) atoms. The molecule has 0 saturated carbocycles. The van der Waals surface area contributed by atoms with Crippen LogP contribution in [0.2, 0.25) is 10.0 Å². The molecule has 0 amide bonds. The lowest BCUT2D eigenvalue weighted by molar-refractivity contribution is 0.303. The lowest BCUT2D eigenvalue weighted by Crippen LogP contribution is -2.18. The van der Waals surface area contributed by atoms with E-state index < -0.39 is 0 Å². The molecule has 188 valence electrons. The summed E-state index contributed by atoms with van der Waals surface area (Å²) >= 11 is 13.9. The van der Waals surface area contributed by atoms with Gasteiger partial charge in [0.05, 0.1) is 6.54 Å². The molecule has 0 aliphatic heterocycles. The van der Waals surface area contributed by atoms with E-state index in [2.05, 4.69) is 27.8 Å². The number of nitrogens with zero attached hydrogens (tertiary/aromatic N) is 3. The Morgan fingerprint density at radius 1 is 0.973 bits per heavy atom. The van der Waals surface area contributed by atoms with Crippen LogP contribution < -0.4 is 10.2 Å². The van der Waals surface area contributed by atoms with Gasteiger partial charge in [-0.2, -0.15) is 0 Å². The number of ether oxygens (including phenoxy) is 1. The topological polar surface area (TPSA) is 52.0 Å². The van der Waals surface area contributed by atoms with Crippen molar-refractivity contribution in [3.63, 3.8) is 0 Å². The molecule has 1 heterocycles. The Bertz CT molecular complexity index is 1540. The summed E-state index contributed by atoms with van der Waals surface area (Å²) in [5.74, 6) is 1.88. The lowest BCUT2D eigenvalue weighted by Gasteiger charge is -2.17. The van der Waals surface area contributed by atoms with Gasteiger partial charge in [-0.25, -0.2) is 9.07 Å². The van der Waals surface area contributed by atoms with Crippen molar-refractivity contribution in [1.82, 2.24) is 14.9 Å². The van der Waals surface area contributed by atoms with Crippen molar-refractivity contribution in [2.24, 2.45) is 0 Å². The van der Waals surface area contributed by atoms with E-state index in [0.29, 0.717) is 28.9 Å². The van der Waals surface area contributed by atoms with Gasteiger partial charge in [-0.3, -0.25) is 0 Å². The van der Waals surface area contributed by atoms with E-state index in [1.54, 1.807) is 24.3 Å². The zero-order chi connectivity index (χ0) is 25.8. The number of thioether (sulfide) groups is 1. The predicted molar refractivity (Wildman–Crippen MR) is 149 cm³/mol. The first-order chi connectivity index (χ1) is 18.0. The van der Waals surface area contributed by atoms with Gasteiger partial charge in [0.2, 0.25) is 5.16 Å². The number of hydrogen-bond donors (Lipinski definition) is 1. The minimum atomic E-state index is -0.249. The Morgan fingerprint density at radius 3 is 2.59 bits per heavy atom. The first-order valence-electron chi connectivity index (χ1n) is 11.6. The molecule has 5 aromatic rings. The normalized spacial score (nSPS) is 11.1. The van der Waals surface area contributed by atoms with Gasteiger partial charge in [-0.15, -0.1) is 10.2 Å². The summed E-state index contributed by atoms with van der Waals surface area (Å²) in [6.45, 7) is 2.69. The van der Waals surface area contributed by atoms with Crippen LogP contribution in [0.3, 0.4) is 0 Å². The molecule has 0 fully saturated rings. The van der Waals surface area contributed by atoms with Crippen LogP contribution in [0.15, 0.2) is 84.0 Å². The highest BCUT2D eigenvalue weighted by Crippen LogP contribution is 2.31. The van der Waals surface area contributed by atoms with Crippen LogP contribution >= 0.6 is 35.0 Å². The summed E-state index contributed by atoms with van der Waals surface area (Å²) in [5, 5.41) is 12.6. The second-order valence-corrected chi connectivity index (χ2v) is 10.2. The smallest absolute Gasteiger partial charge is 0.210 e. The molecular weight excluding hydrogens is 530 g/mol. The van der Waals surface area contributed by atoms with E-state index in [0.717, 1.165) is 44.2 Å². The standard InChI is InChI=1S/C28H23Cl2FN4OS/c1-18-33-34-28(37-17-19-6-11-23(31)12-7-19)35(18)32-15-25-24-5-3-2-4-20(24)9-13-27(25)36-16-21-8-10-22(29)14-26(21)30/h2-14,32H,15-17H2,1H3. The minimum Gasteiger partial charge on any atom is -0.488 e. The number of halogens is 3. The molecular formula is C28H23Cl2FN4OS. The monoisotopic (exact) mass is 552 g/mol. The van der Waals surface area contributed by atoms with Crippen LogP contribution in [-0.4, -0.2) is 14.9 Å². The Kier molecular flexibility index (Phi) is 7.84. The fraction of sp³-hybridized carbons (Fsp3) is 0.143. The minimum absolute atomic E-state index is 0.249. The Balaban J connectivity index is 1.37. The van der Waals surface area contributed by atoms with Crippen LogP contribution in [0.4, 0.5) is 4.39 Å². The van der Waals surface area contributed by atoms with E-state index in [-0.39, 0.29) is 5.82 Å². The fourth-order valence-electron chi connectivity index (χ4n) is 3.93. The summed E-state index contributed by atoms with van der Waals surface area (Å²) in [4.78, 5) is 0. The van der Waals surface area contributed by atoms with E-state index in [4.69, 9.17) is 27.9 Å². The molecule has 0 radical (unpaired) electrons. The average Bonchev–Trinajstić information content (AvgIpc) is 3.25. The predicted octanol–water partition coefficient (Wildman–Crippen LogP) is 7.80. The molecule has 0 spiro atoms. The van der Waals surface area contributed by atoms with Gasteiger partial charge in [-0.05, 0) is 53.6 Å². The third kappa shape index (κ3) is 6.01. The summed E-state index contributed by atoms with van der Waals surface area (Å²) in [6, 6.07) is 24.1. The zero-order valence-corrected chi connectivity index (χ0v) is 22.2. The van der Waals surface area contributed by atoms with Crippen LogP contribution in [-0.2, 0) is 18.9 Å². The van der Waals surface area contributed by atoms with Gasteiger partial charge in [0, 0.05) is 26.9 Å². The highest BCUT2D eigenvalue weighted by atomic mass is 35.5. The van der Waals surface area contributed by atoms with Gasteiger partial charge < -0.3 is 10.2 Å². The average molecular weight is 553 g/mol. The molecule has 5 nitrogen and oxygen atoms in total. The molecule has 4 aromatic carbocycles. The van der Waals surface area contributed by atoms with Gasteiger partial charge in [0.15, 0.2) is 0 Å². The molecule has 1 N–H and O–H groups in total. The van der Waals surface area contributed by atoms with Gasteiger partial charge in [0.1, 0.15) is 24.0 Å². The number of benzene rings is 4. The largest absolute Gasteiger partial charge is 0.488 e. The second-order valence-electron chi connectivity index (χ2n) is 8.40. The Labute approximate surface area is 228 Å². The lowest BCUT2D eigenvalue weighted by atomic mass is 10.0. The SMILES string of the molecule is Cc1nnc(SCc2ccc(F)cc2)n1NCc1c(OCc2ccc(Cl)cc2Cl)ccc2ccccc12. The highest BCUT2D eigenvalue weighted by molar-refractivity contribution is 7.98. The van der Waals surface area contributed by atoms with Crippen molar-refractivity contribution in [2.45, 2.75) is 31.0 Å². The molecule has 0 unspecified atom stereocenters. The summed E-state index contributed by atoms with van der Waals surface area (Å²) in [6.07, 6.45) is 0. The first-order valence-corrected chi connectivity index (χ1v) is 13.3. The van der Waals surface area contributed by atoms with E-state index in [1.165, 1.54) is 23.9 Å². The maximum atomic E-state index is 13.2. The van der Waals surface area contributed by atoms with Crippen molar-refractivity contribution in [3.8, 4) is 5.75 Å². The van der Waals surface area contributed by atoms with E-state index >= 15 is 0 Å². The Hall–Kier alpha value is -3.26. The summed E-state index contributed by atoms with van der Waals surface area (Å²) < 4.78 is 21.4. The van der Waals surface area contributed by atoms with Crippen LogP contribution in [0.1, 0.15) is 22.5 Å². The van der Waals surface area contributed by atoms with Crippen molar-refractivity contribution in [2.75, 3.05) is 5.43 Å². The highest BCUT2D eigenvalue weighted by Gasteiger charge is 2.14. The maximum absolute atomic E-state index is 13.2. The van der Waals surface area contributed by atoms with Gasteiger partial charge >= 0.3 is 0 Å². The fourth-order valence-corrected chi connectivity index (χ4v) is 5.31. The van der Waals surface area contributed by atoms with Crippen molar-refractivity contribution in [1.29, 1.82) is 0 Å². The number of nitrogens with one attached hydrogen (secondary N) is 1. The molecule has 0 bridgehead atoms. The maximum Gasteiger partial charge on any atom is 0.210 e. The third-order valence-electron chi connectivity index (χ3n) is 5.89. The van der Waals surface area contributed by atoms with Crippen LogP contribution in [0.5, 0.6) is 5.75 Å². The molecule has 9 heteroatoms.